The maximum atomic E-state index is 6.13. The second-order valence-electron chi connectivity index (χ2n) is 4.05. The van der Waals surface area contributed by atoms with Gasteiger partial charge in [0.15, 0.2) is 0 Å². The molecule has 2 rings (SSSR count). The van der Waals surface area contributed by atoms with Crippen LogP contribution in [0, 0.1) is 0 Å². The van der Waals surface area contributed by atoms with Crippen molar-refractivity contribution in [3.63, 3.8) is 0 Å². The minimum Gasteiger partial charge on any atom is -0.496 e. The molecule has 2 nitrogen and oxygen atoms in total. The molecule has 1 unspecified atom stereocenters. The molecule has 1 N–H and O–H groups in total. The van der Waals surface area contributed by atoms with Gasteiger partial charge in [-0.3, -0.25) is 0 Å². The van der Waals surface area contributed by atoms with Gasteiger partial charge < -0.3 is 10.1 Å². The van der Waals surface area contributed by atoms with Crippen molar-refractivity contribution in [1.82, 2.24) is 5.32 Å². The van der Waals surface area contributed by atoms with Crippen molar-refractivity contribution in [3.05, 3.63) is 49.6 Å². The molecule has 1 aromatic heterocycles. The van der Waals surface area contributed by atoms with E-state index in [9.17, 15) is 0 Å². The van der Waals surface area contributed by atoms with Crippen LogP contribution in [0.4, 0.5) is 0 Å². The molecule has 0 bridgehead atoms. The Labute approximate surface area is 130 Å². The second kappa shape index (κ2) is 6.75. The van der Waals surface area contributed by atoms with E-state index in [1.807, 2.05) is 18.2 Å². The van der Waals surface area contributed by atoms with Crippen molar-refractivity contribution in [3.8, 4) is 5.75 Å². The molecule has 5 heteroatoms. The third kappa shape index (κ3) is 3.31. The lowest BCUT2D eigenvalue weighted by molar-refractivity contribution is 0.404. The summed E-state index contributed by atoms with van der Waals surface area (Å²) in [6.07, 6.45) is 0. The molecule has 0 saturated carbocycles. The van der Waals surface area contributed by atoms with Crippen LogP contribution in [0.1, 0.15) is 24.1 Å². The quantitative estimate of drug-likeness (QED) is 0.821. The van der Waals surface area contributed by atoms with Gasteiger partial charge in [-0.15, -0.1) is 0 Å². The number of nitrogens with one attached hydrogen (secondary N) is 1. The molecule has 2 aromatic rings. The van der Waals surface area contributed by atoms with Crippen LogP contribution in [0.25, 0.3) is 0 Å². The Balaban J connectivity index is 2.50. The van der Waals surface area contributed by atoms with E-state index in [-0.39, 0.29) is 6.04 Å². The SMILES string of the molecule is CCNC(c1cscc1Br)c1cc(Cl)ccc1OC. The average molecular weight is 361 g/mol. The molecule has 19 heavy (non-hydrogen) atoms. The Morgan fingerprint density at radius 1 is 1.37 bits per heavy atom. The van der Waals surface area contributed by atoms with E-state index in [0.717, 1.165) is 22.3 Å². The predicted molar refractivity (Wildman–Crippen MR) is 85.5 cm³/mol. The van der Waals surface area contributed by atoms with Crippen LogP contribution in [0.15, 0.2) is 33.4 Å². The zero-order valence-corrected chi connectivity index (χ0v) is 13.9. The number of ether oxygens (including phenoxy) is 1. The highest BCUT2D eigenvalue weighted by Crippen LogP contribution is 2.36. The number of benzene rings is 1. The summed E-state index contributed by atoms with van der Waals surface area (Å²) in [6, 6.07) is 5.77. The lowest BCUT2D eigenvalue weighted by atomic mass is 10.00. The first-order valence-corrected chi connectivity index (χ1v) is 8.07. The van der Waals surface area contributed by atoms with Crippen LogP contribution in [0.3, 0.4) is 0 Å². The summed E-state index contributed by atoms with van der Waals surface area (Å²) < 4.78 is 6.56. The summed E-state index contributed by atoms with van der Waals surface area (Å²) in [5, 5.41) is 8.41. The van der Waals surface area contributed by atoms with Gasteiger partial charge in [-0.1, -0.05) is 18.5 Å². The standard InChI is InChI=1S/C14H15BrClNOS/c1-3-17-14(11-7-19-8-12(11)15)10-6-9(16)4-5-13(10)18-2/h4-8,14,17H,3H2,1-2H3. The number of hydrogen-bond donors (Lipinski definition) is 1. The van der Waals surface area contributed by atoms with Gasteiger partial charge >= 0.3 is 0 Å². The van der Waals surface area contributed by atoms with Gasteiger partial charge in [-0.2, -0.15) is 11.3 Å². The van der Waals surface area contributed by atoms with Crippen LogP contribution in [-0.2, 0) is 0 Å². The lowest BCUT2D eigenvalue weighted by Crippen LogP contribution is -2.22. The van der Waals surface area contributed by atoms with Crippen molar-refractivity contribution in [2.45, 2.75) is 13.0 Å². The molecule has 0 radical (unpaired) electrons. The van der Waals surface area contributed by atoms with Crippen molar-refractivity contribution in [2.24, 2.45) is 0 Å². The average Bonchev–Trinajstić information content (AvgIpc) is 2.82. The molecule has 0 amide bonds. The topological polar surface area (TPSA) is 21.3 Å². The normalized spacial score (nSPS) is 12.4. The first-order chi connectivity index (χ1) is 9.17. The number of methoxy groups -OCH3 is 1. The minimum absolute atomic E-state index is 0.0688. The first kappa shape index (κ1) is 14.9. The van der Waals surface area contributed by atoms with Crippen LogP contribution in [0.5, 0.6) is 5.75 Å². The molecule has 102 valence electrons. The van der Waals surface area contributed by atoms with E-state index in [1.165, 1.54) is 5.56 Å². The van der Waals surface area contributed by atoms with Crippen molar-refractivity contribution in [1.29, 1.82) is 0 Å². The molecule has 0 saturated heterocycles. The Bertz CT molecular complexity index is 558. The number of halogens is 2. The van der Waals surface area contributed by atoms with E-state index < -0.39 is 0 Å². The molecule has 1 heterocycles. The lowest BCUT2D eigenvalue weighted by Gasteiger charge is -2.21. The molecular formula is C14H15BrClNOS. The van der Waals surface area contributed by atoms with Gasteiger partial charge in [0.05, 0.1) is 13.2 Å². The fraction of sp³-hybridized carbons (Fsp3) is 0.286. The number of thiophene rings is 1. The summed E-state index contributed by atoms with van der Waals surface area (Å²) >= 11 is 11.4. The van der Waals surface area contributed by atoms with Gasteiger partial charge in [-0.25, -0.2) is 0 Å². The van der Waals surface area contributed by atoms with Gasteiger partial charge in [0.25, 0.3) is 0 Å². The monoisotopic (exact) mass is 359 g/mol. The maximum absolute atomic E-state index is 6.13. The Kier molecular flexibility index (Phi) is 5.28. The van der Waals surface area contributed by atoms with Crippen molar-refractivity contribution >= 4 is 38.9 Å². The van der Waals surface area contributed by atoms with Crippen molar-refractivity contribution < 1.29 is 4.74 Å². The zero-order chi connectivity index (χ0) is 13.8. The molecule has 0 aliphatic carbocycles. The molecule has 0 fully saturated rings. The van der Waals surface area contributed by atoms with Crippen LogP contribution < -0.4 is 10.1 Å². The highest BCUT2D eigenvalue weighted by atomic mass is 79.9. The summed E-state index contributed by atoms with van der Waals surface area (Å²) in [4.78, 5) is 0. The largest absolute Gasteiger partial charge is 0.496 e. The third-order valence-electron chi connectivity index (χ3n) is 2.86. The summed E-state index contributed by atoms with van der Waals surface area (Å²) in [5.41, 5.74) is 2.25. The van der Waals surface area contributed by atoms with E-state index in [2.05, 4.69) is 38.9 Å². The molecule has 1 aromatic carbocycles. The Hall–Kier alpha value is -0.550. The molecule has 0 spiro atoms. The van der Waals surface area contributed by atoms with E-state index in [0.29, 0.717) is 5.02 Å². The van der Waals surface area contributed by atoms with Gasteiger partial charge in [0.2, 0.25) is 0 Å². The maximum Gasteiger partial charge on any atom is 0.124 e. The minimum atomic E-state index is 0.0688. The van der Waals surface area contributed by atoms with Crippen LogP contribution in [-0.4, -0.2) is 13.7 Å². The number of rotatable bonds is 5. The summed E-state index contributed by atoms with van der Waals surface area (Å²) in [7, 11) is 1.68. The summed E-state index contributed by atoms with van der Waals surface area (Å²) in [6.45, 7) is 2.95. The Morgan fingerprint density at radius 3 is 2.74 bits per heavy atom. The second-order valence-corrected chi connectivity index (χ2v) is 6.09. The summed E-state index contributed by atoms with van der Waals surface area (Å²) in [5.74, 6) is 0.841. The highest BCUT2D eigenvalue weighted by Gasteiger charge is 2.20. The zero-order valence-electron chi connectivity index (χ0n) is 10.7. The van der Waals surface area contributed by atoms with Gasteiger partial charge in [0.1, 0.15) is 5.75 Å². The predicted octanol–water partition coefficient (Wildman–Crippen LogP) is 4.87. The third-order valence-corrected chi connectivity index (χ3v) is 4.85. The molecule has 0 aliphatic rings. The molecule has 1 atom stereocenters. The Morgan fingerprint density at radius 2 is 2.16 bits per heavy atom. The fourth-order valence-corrected chi connectivity index (χ4v) is 3.75. The first-order valence-electron chi connectivity index (χ1n) is 5.95. The van der Waals surface area contributed by atoms with Gasteiger partial charge in [-0.05, 0) is 51.6 Å². The highest BCUT2D eigenvalue weighted by molar-refractivity contribution is 9.10. The van der Waals surface area contributed by atoms with E-state index >= 15 is 0 Å². The molecular weight excluding hydrogens is 346 g/mol. The van der Waals surface area contributed by atoms with Gasteiger partial charge in [0, 0.05) is 20.4 Å². The smallest absolute Gasteiger partial charge is 0.124 e. The van der Waals surface area contributed by atoms with E-state index in [1.54, 1.807) is 18.4 Å². The van der Waals surface area contributed by atoms with E-state index in [4.69, 9.17) is 16.3 Å². The van der Waals surface area contributed by atoms with Crippen molar-refractivity contribution in [2.75, 3.05) is 13.7 Å². The number of hydrogen-bond acceptors (Lipinski definition) is 3. The van der Waals surface area contributed by atoms with Crippen LogP contribution >= 0.6 is 38.9 Å². The fourth-order valence-electron chi connectivity index (χ4n) is 2.02. The molecule has 0 aliphatic heterocycles. The van der Waals surface area contributed by atoms with Crippen LogP contribution in [0.2, 0.25) is 5.02 Å².